The first-order chi connectivity index (χ1) is 18.1. The average molecular weight is 688 g/mol. The fraction of sp³-hybridized carbons (Fsp3) is 0.514. The van der Waals surface area contributed by atoms with Crippen molar-refractivity contribution in [1.82, 2.24) is 0 Å². The Morgan fingerprint density at radius 3 is 1.49 bits per heavy atom. The van der Waals surface area contributed by atoms with Gasteiger partial charge in [-0.2, -0.15) is 0 Å². The van der Waals surface area contributed by atoms with Gasteiger partial charge in [0.25, 0.3) is 0 Å². The minimum Gasteiger partial charge on any atom is -1.00 e. The van der Waals surface area contributed by atoms with Gasteiger partial charge in [0.2, 0.25) is 0 Å². The second-order valence-corrected chi connectivity index (χ2v) is 17.6. The van der Waals surface area contributed by atoms with Crippen molar-refractivity contribution in [2.75, 3.05) is 6.54 Å². The maximum absolute atomic E-state index is 5.36. The number of benzene rings is 3. The predicted molar refractivity (Wildman–Crippen MR) is 179 cm³/mol. The van der Waals surface area contributed by atoms with Crippen molar-refractivity contribution in [3.05, 3.63) is 89.0 Å². The molecule has 0 amide bonds. The van der Waals surface area contributed by atoms with Gasteiger partial charge in [-0.15, -0.1) is 0 Å². The summed E-state index contributed by atoms with van der Waals surface area (Å²) in [4.78, 5) is 0. The molecular formula is C37H56ClNPPd-. The molecule has 4 heteroatoms. The Hall–Kier alpha value is -0.998. The molecule has 2 N–H and O–H groups in total. The molecule has 3 aromatic carbocycles. The fourth-order valence-electron chi connectivity index (χ4n) is 5.69. The summed E-state index contributed by atoms with van der Waals surface area (Å²) in [7, 11) is -0.366. The van der Waals surface area contributed by atoms with Crippen LogP contribution in [0.2, 0.25) is 0 Å². The Bertz CT molecular complexity index is 1130. The maximum Gasteiger partial charge on any atom is 0 e. The minimum atomic E-state index is -0.366. The predicted octanol–water partition coefficient (Wildman–Crippen LogP) is 7.62. The van der Waals surface area contributed by atoms with Gasteiger partial charge in [0.1, 0.15) is 0 Å². The van der Waals surface area contributed by atoms with Gasteiger partial charge in [-0.3, -0.25) is 0 Å². The van der Waals surface area contributed by atoms with E-state index in [-0.39, 0.29) is 51.1 Å². The van der Waals surface area contributed by atoms with E-state index in [0.29, 0.717) is 17.8 Å². The zero-order chi connectivity index (χ0) is 29.5. The van der Waals surface area contributed by atoms with E-state index in [4.69, 9.17) is 5.73 Å². The quantitative estimate of drug-likeness (QED) is 0.201. The molecule has 0 saturated carbocycles. The molecule has 0 saturated heterocycles. The standard InChI is InChI=1S/C29H45P.C8H11N.ClH.Pd/c1-19(2)22-17-24(20(3)4)27(25(18-22)21(5)6)23-15-13-14-16-26(23)30(28(7,8)9)29(10,11)12;9-7-6-8-4-2-1-3-5-8;;/h13-21H,1-12H3;1-5H,6-7,9H2;1H;/p-1. The van der Waals surface area contributed by atoms with Gasteiger partial charge in [0, 0.05) is 20.4 Å². The minimum absolute atomic E-state index is 0. The van der Waals surface area contributed by atoms with Crippen molar-refractivity contribution in [2.24, 2.45) is 5.73 Å². The normalized spacial score (nSPS) is 11.7. The Labute approximate surface area is 274 Å². The van der Waals surface area contributed by atoms with Gasteiger partial charge >= 0.3 is 0 Å². The summed E-state index contributed by atoms with van der Waals surface area (Å²) < 4.78 is 0. The van der Waals surface area contributed by atoms with Crippen molar-refractivity contribution < 1.29 is 32.8 Å². The first-order valence-electron chi connectivity index (χ1n) is 14.9. The van der Waals surface area contributed by atoms with Crippen LogP contribution < -0.4 is 23.4 Å². The van der Waals surface area contributed by atoms with E-state index in [1.54, 1.807) is 5.30 Å². The SMILES string of the molecule is CC(C)c1cc(C(C)C)c(-c2ccccc2P(C(C)(C)C)C(C)(C)C)c(C(C)C)c1.NCCc1ccccc1.[Cl-].[Pd]. The van der Waals surface area contributed by atoms with Gasteiger partial charge in [-0.05, 0) is 79.7 Å². The van der Waals surface area contributed by atoms with E-state index in [9.17, 15) is 0 Å². The molecule has 232 valence electrons. The third-order valence-electron chi connectivity index (χ3n) is 7.16. The van der Waals surface area contributed by atoms with E-state index in [0.717, 1.165) is 13.0 Å². The molecule has 0 aliphatic rings. The van der Waals surface area contributed by atoms with Crippen LogP contribution in [0.1, 0.15) is 123 Å². The molecule has 0 atom stereocenters. The van der Waals surface area contributed by atoms with Crippen LogP contribution in [0.4, 0.5) is 0 Å². The summed E-state index contributed by atoms with van der Waals surface area (Å²) in [6.07, 6.45) is 0.987. The molecule has 1 nitrogen and oxygen atoms in total. The summed E-state index contributed by atoms with van der Waals surface area (Å²) in [5, 5.41) is 2.06. The Balaban J connectivity index is 0.00000124. The molecule has 0 bridgehead atoms. The number of halogens is 1. The topological polar surface area (TPSA) is 26.0 Å². The second-order valence-electron chi connectivity index (χ2n) is 13.8. The number of hydrogen-bond acceptors (Lipinski definition) is 1. The van der Waals surface area contributed by atoms with Crippen LogP contribution in [-0.2, 0) is 26.8 Å². The summed E-state index contributed by atoms with van der Waals surface area (Å²) >= 11 is 0. The maximum atomic E-state index is 5.36. The summed E-state index contributed by atoms with van der Waals surface area (Å²) in [6, 6.07) is 24.5. The van der Waals surface area contributed by atoms with Gasteiger partial charge in [0.05, 0.1) is 0 Å². The van der Waals surface area contributed by atoms with E-state index in [2.05, 4.69) is 132 Å². The van der Waals surface area contributed by atoms with Gasteiger partial charge < -0.3 is 18.1 Å². The van der Waals surface area contributed by atoms with Crippen molar-refractivity contribution in [3.8, 4) is 11.1 Å². The molecule has 0 aliphatic carbocycles. The van der Waals surface area contributed by atoms with E-state index in [1.807, 2.05) is 18.2 Å². The molecule has 41 heavy (non-hydrogen) atoms. The largest absolute Gasteiger partial charge is 1.00 e. The van der Waals surface area contributed by atoms with Crippen molar-refractivity contribution in [3.63, 3.8) is 0 Å². The first-order valence-corrected chi connectivity index (χ1v) is 16.2. The molecule has 0 unspecified atom stereocenters. The molecule has 3 rings (SSSR count). The third kappa shape index (κ3) is 11.2. The van der Waals surface area contributed by atoms with Crippen LogP contribution in [0, 0.1) is 0 Å². The first kappa shape index (κ1) is 40.0. The van der Waals surface area contributed by atoms with Crippen LogP contribution in [0.5, 0.6) is 0 Å². The molecular weight excluding hydrogens is 631 g/mol. The molecule has 0 spiro atoms. The van der Waals surface area contributed by atoms with E-state index >= 15 is 0 Å². The molecule has 0 aliphatic heterocycles. The van der Waals surface area contributed by atoms with Crippen molar-refractivity contribution >= 4 is 13.2 Å². The van der Waals surface area contributed by atoms with Crippen LogP contribution in [0.3, 0.4) is 0 Å². The molecule has 3 aromatic rings. The smallest absolute Gasteiger partial charge is 0 e. The monoisotopic (exact) mass is 686 g/mol. The Morgan fingerprint density at radius 1 is 0.659 bits per heavy atom. The average Bonchev–Trinajstić information content (AvgIpc) is 2.83. The molecule has 0 radical (unpaired) electrons. The van der Waals surface area contributed by atoms with Crippen molar-refractivity contribution in [1.29, 1.82) is 0 Å². The summed E-state index contributed by atoms with van der Waals surface area (Å²) in [5.41, 5.74) is 14.1. The van der Waals surface area contributed by atoms with Crippen LogP contribution in [0.25, 0.3) is 11.1 Å². The zero-order valence-corrected chi connectivity index (χ0v) is 30.9. The Kier molecular flexibility index (Phi) is 16.9. The third-order valence-corrected chi connectivity index (χ3v) is 10.7. The fourth-order valence-corrected chi connectivity index (χ4v) is 9.81. The molecule has 0 heterocycles. The van der Waals surface area contributed by atoms with Crippen LogP contribution >= 0.6 is 7.92 Å². The van der Waals surface area contributed by atoms with E-state index in [1.165, 1.54) is 33.4 Å². The van der Waals surface area contributed by atoms with Gasteiger partial charge in [-0.1, -0.05) is 158 Å². The summed E-state index contributed by atoms with van der Waals surface area (Å²) in [6.45, 7) is 29.3. The summed E-state index contributed by atoms with van der Waals surface area (Å²) in [5.74, 6) is 1.55. The van der Waals surface area contributed by atoms with E-state index < -0.39 is 0 Å². The van der Waals surface area contributed by atoms with Crippen molar-refractivity contribution in [2.45, 2.75) is 118 Å². The van der Waals surface area contributed by atoms with Gasteiger partial charge in [-0.25, -0.2) is 0 Å². The van der Waals surface area contributed by atoms with Crippen LogP contribution in [-0.4, -0.2) is 16.9 Å². The van der Waals surface area contributed by atoms with Crippen LogP contribution in [0.15, 0.2) is 66.7 Å². The number of nitrogens with two attached hydrogens (primary N) is 1. The van der Waals surface area contributed by atoms with Gasteiger partial charge in [0.15, 0.2) is 0 Å². The zero-order valence-electron chi connectivity index (χ0n) is 27.7. The number of rotatable bonds is 7. The molecule has 0 fully saturated rings. The Morgan fingerprint density at radius 2 is 1.10 bits per heavy atom. The number of hydrogen-bond donors (Lipinski definition) is 1. The second kappa shape index (κ2) is 17.3. The molecule has 0 aromatic heterocycles.